The number of fused-ring (bicyclic) bond motifs is 2. The molecule has 2 heterocycles. The van der Waals surface area contributed by atoms with Crippen LogP contribution < -0.4 is 14.4 Å². The summed E-state index contributed by atoms with van der Waals surface area (Å²) in [6.07, 6.45) is 2.65. The third kappa shape index (κ3) is 2.12. The fourth-order valence-electron chi connectivity index (χ4n) is 3.32. The van der Waals surface area contributed by atoms with E-state index in [1.54, 1.807) is 20.4 Å². The number of aromatic nitrogens is 1. The van der Waals surface area contributed by atoms with Gasteiger partial charge >= 0.3 is 0 Å². The number of hydrogen-bond donors (Lipinski definition) is 1. The molecule has 1 amide bonds. The van der Waals surface area contributed by atoms with E-state index in [1.165, 1.54) is 5.56 Å². The zero-order valence-electron chi connectivity index (χ0n) is 13.6. The summed E-state index contributed by atoms with van der Waals surface area (Å²) in [6.45, 7) is 0.706. The van der Waals surface area contributed by atoms with Gasteiger partial charge in [0, 0.05) is 29.9 Å². The number of nitrogens with one attached hydrogen (secondary N) is 1. The molecular weight excluding hydrogens is 304 g/mol. The fraction of sp³-hybridized carbons (Fsp3) is 0.211. The van der Waals surface area contributed by atoms with Crippen LogP contribution in [0.4, 0.5) is 5.69 Å². The van der Waals surface area contributed by atoms with E-state index in [9.17, 15) is 4.79 Å². The molecule has 1 aliphatic rings. The molecule has 0 spiro atoms. The van der Waals surface area contributed by atoms with Crippen molar-refractivity contribution in [2.24, 2.45) is 0 Å². The van der Waals surface area contributed by atoms with Crippen molar-refractivity contribution in [3.8, 4) is 11.5 Å². The molecule has 4 rings (SSSR count). The minimum absolute atomic E-state index is 0.00146. The largest absolute Gasteiger partial charge is 0.493 e. The van der Waals surface area contributed by atoms with E-state index < -0.39 is 0 Å². The summed E-state index contributed by atoms with van der Waals surface area (Å²) in [7, 11) is 3.19. The molecule has 0 saturated carbocycles. The summed E-state index contributed by atoms with van der Waals surface area (Å²) >= 11 is 0. The van der Waals surface area contributed by atoms with Crippen LogP contribution in [0.25, 0.3) is 10.9 Å². The number of hydrogen-bond acceptors (Lipinski definition) is 3. The SMILES string of the molecule is COc1cc2[nH]cc(C(=O)N3CCc4ccccc43)c2cc1OC. The van der Waals surface area contributed by atoms with E-state index >= 15 is 0 Å². The Balaban J connectivity index is 1.78. The second-order valence-corrected chi connectivity index (χ2v) is 5.79. The molecule has 0 aliphatic carbocycles. The highest BCUT2D eigenvalue weighted by Crippen LogP contribution is 2.35. The summed E-state index contributed by atoms with van der Waals surface area (Å²) in [5.41, 5.74) is 3.70. The highest BCUT2D eigenvalue weighted by molar-refractivity contribution is 6.15. The smallest absolute Gasteiger partial charge is 0.260 e. The minimum atomic E-state index is -0.00146. The molecule has 1 aliphatic heterocycles. The molecule has 0 atom stereocenters. The topological polar surface area (TPSA) is 54.6 Å². The molecule has 3 aromatic rings. The quantitative estimate of drug-likeness (QED) is 0.804. The van der Waals surface area contributed by atoms with Gasteiger partial charge in [0.05, 0.1) is 25.3 Å². The maximum Gasteiger partial charge on any atom is 0.260 e. The number of rotatable bonds is 3. The Hall–Kier alpha value is -2.95. The van der Waals surface area contributed by atoms with E-state index in [0.29, 0.717) is 23.6 Å². The number of methoxy groups -OCH3 is 2. The van der Waals surface area contributed by atoms with Crippen LogP contribution in [0.5, 0.6) is 11.5 Å². The number of carbonyl (C=O) groups excluding carboxylic acids is 1. The molecule has 0 unspecified atom stereocenters. The molecule has 1 N–H and O–H groups in total. The Morgan fingerprint density at radius 2 is 1.88 bits per heavy atom. The summed E-state index contributed by atoms with van der Waals surface area (Å²) < 4.78 is 10.7. The molecule has 0 radical (unpaired) electrons. The van der Waals surface area contributed by atoms with Crippen molar-refractivity contribution in [2.75, 3.05) is 25.7 Å². The van der Waals surface area contributed by atoms with Gasteiger partial charge in [-0.1, -0.05) is 18.2 Å². The average Bonchev–Trinajstić information content (AvgIpc) is 3.23. The van der Waals surface area contributed by atoms with Crippen molar-refractivity contribution >= 4 is 22.5 Å². The Bertz CT molecular complexity index is 930. The average molecular weight is 322 g/mol. The Morgan fingerprint density at radius 1 is 1.12 bits per heavy atom. The van der Waals surface area contributed by atoms with Crippen molar-refractivity contribution in [3.05, 3.63) is 53.7 Å². The van der Waals surface area contributed by atoms with Crippen LogP contribution in [0.2, 0.25) is 0 Å². The number of ether oxygens (including phenoxy) is 2. The fourth-order valence-corrected chi connectivity index (χ4v) is 3.32. The number of anilines is 1. The lowest BCUT2D eigenvalue weighted by molar-refractivity contribution is 0.0991. The molecule has 1 aromatic heterocycles. The highest BCUT2D eigenvalue weighted by atomic mass is 16.5. The molecule has 5 heteroatoms. The molecule has 0 saturated heterocycles. The van der Waals surface area contributed by atoms with Crippen LogP contribution in [0.3, 0.4) is 0 Å². The number of carbonyl (C=O) groups is 1. The van der Waals surface area contributed by atoms with Gasteiger partial charge in [-0.25, -0.2) is 0 Å². The second-order valence-electron chi connectivity index (χ2n) is 5.79. The lowest BCUT2D eigenvalue weighted by atomic mass is 10.1. The van der Waals surface area contributed by atoms with Crippen LogP contribution in [-0.2, 0) is 6.42 Å². The van der Waals surface area contributed by atoms with Crippen LogP contribution in [0.15, 0.2) is 42.6 Å². The van der Waals surface area contributed by atoms with E-state index in [2.05, 4.69) is 11.1 Å². The van der Waals surface area contributed by atoms with Gasteiger partial charge in [0.25, 0.3) is 5.91 Å². The first-order chi connectivity index (χ1) is 11.7. The van der Waals surface area contributed by atoms with E-state index in [0.717, 1.165) is 23.0 Å². The van der Waals surface area contributed by atoms with E-state index in [4.69, 9.17) is 9.47 Å². The maximum atomic E-state index is 13.1. The number of amides is 1. The monoisotopic (exact) mass is 322 g/mol. The van der Waals surface area contributed by atoms with Gasteiger partial charge in [0.2, 0.25) is 0 Å². The highest BCUT2D eigenvalue weighted by Gasteiger charge is 2.27. The standard InChI is InChI=1S/C19H18N2O3/c1-23-17-9-13-14(11-20-15(13)10-18(17)24-2)19(22)21-8-7-12-5-3-4-6-16(12)21/h3-6,9-11,20H,7-8H2,1-2H3. The second kappa shape index (κ2) is 5.60. The van der Waals surface area contributed by atoms with Gasteiger partial charge in [0.15, 0.2) is 11.5 Å². The first kappa shape index (κ1) is 14.6. The van der Waals surface area contributed by atoms with Crippen LogP contribution in [-0.4, -0.2) is 31.7 Å². The maximum absolute atomic E-state index is 13.1. The molecule has 0 bridgehead atoms. The van der Waals surface area contributed by atoms with Crippen LogP contribution in [0, 0.1) is 0 Å². The van der Waals surface area contributed by atoms with Crippen molar-refractivity contribution < 1.29 is 14.3 Å². The van der Waals surface area contributed by atoms with Crippen molar-refractivity contribution in [3.63, 3.8) is 0 Å². The van der Waals surface area contributed by atoms with Crippen molar-refractivity contribution in [1.82, 2.24) is 4.98 Å². The Kier molecular flexibility index (Phi) is 3.41. The molecule has 24 heavy (non-hydrogen) atoms. The van der Waals surface area contributed by atoms with Gasteiger partial charge in [0.1, 0.15) is 0 Å². The summed E-state index contributed by atoms with van der Waals surface area (Å²) in [4.78, 5) is 18.1. The lowest BCUT2D eigenvalue weighted by Crippen LogP contribution is -2.28. The van der Waals surface area contributed by atoms with Gasteiger partial charge in [-0.15, -0.1) is 0 Å². The Morgan fingerprint density at radius 3 is 2.67 bits per heavy atom. The number of nitrogens with zero attached hydrogens (tertiary/aromatic N) is 1. The van der Waals surface area contributed by atoms with Gasteiger partial charge in [-0.05, 0) is 24.1 Å². The first-order valence-electron chi connectivity index (χ1n) is 7.86. The number of aromatic amines is 1. The predicted molar refractivity (Wildman–Crippen MR) is 93.2 cm³/mol. The Labute approximate surface area is 139 Å². The van der Waals surface area contributed by atoms with Crippen LogP contribution >= 0.6 is 0 Å². The van der Waals surface area contributed by atoms with Gasteiger partial charge in [-0.3, -0.25) is 4.79 Å². The van der Waals surface area contributed by atoms with Crippen molar-refractivity contribution in [2.45, 2.75) is 6.42 Å². The molecule has 2 aromatic carbocycles. The number of para-hydroxylation sites is 1. The molecule has 5 nitrogen and oxygen atoms in total. The van der Waals surface area contributed by atoms with Gasteiger partial charge in [-0.2, -0.15) is 0 Å². The number of benzene rings is 2. The van der Waals surface area contributed by atoms with E-state index in [1.807, 2.05) is 35.2 Å². The molecular formula is C19H18N2O3. The van der Waals surface area contributed by atoms with Crippen LogP contribution in [0.1, 0.15) is 15.9 Å². The summed E-state index contributed by atoms with van der Waals surface area (Å²) in [5, 5.41) is 0.835. The molecule has 0 fully saturated rings. The normalized spacial score (nSPS) is 13.2. The third-order valence-corrected chi connectivity index (χ3v) is 4.55. The van der Waals surface area contributed by atoms with E-state index in [-0.39, 0.29) is 5.91 Å². The predicted octanol–water partition coefficient (Wildman–Crippen LogP) is 3.39. The first-order valence-corrected chi connectivity index (χ1v) is 7.86. The zero-order valence-corrected chi connectivity index (χ0v) is 13.6. The summed E-state index contributed by atoms with van der Waals surface area (Å²) in [5.74, 6) is 1.25. The lowest BCUT2D eigenvalue weighted by Gasteiger charge is -2.17. The van der Waals surface area contributed by atoms with Crippen molar-refractivity contribution in [1.29, 1.82) is 0 Å². The van der Waals surface area contributed by atoms with Gasteiger partial charge < -0.3 is 19.4 Å². The zero-order chi connectivity index (χ0) is 16.7. The minimum Gasteiger partial charge on any atom is -0.493 e. The molecule has 122 valence electrons. The summed E-state index contributed by atoms with van der Waals surface area (Å²) in [6, 6.07) is 11.7. The third-order valence-electron chi connectivity index (χ3n) is 4.55. The number of H-pyrrole nitrogens is 1.